The average Bonchev–Trinajstić information content (AvgIpc) is 2.84. The molecule has 1 aliphatic heterocycles. The van der Waals surface area contributed by atoms with E-state index in [1.807, 2.05) is 24.0 Å². The maximum absolute atomic E-state index is 12.9. The largest absolute Gasteiger partial charge is 0.377 e. The van der Waals surface area contributed by atoms with E-state index in [0.29, 0.717) is 26.0 Å². The molecule has 1 aliphatic carbocycles. The minimum atomic E-state index is -0.766. The van der Waals surface area contributed by atoms with Gasteiger partial charge in [-0.3, -0.25) is 4.79 Å². The molecule has 0 saturated carbocycles. The lowest BCUT2D eigenvalue weighted by Gasteiger charge is -2.37. The van der Waals surface area contributed by atoms with E-state index in [9.17, 15) is 4.79 Å². The van der Waals surface area contributed by atoms with Crippen molar-refractivity contribution in [2.24, 2.45) is 5.73 Å². The second-order valence-electron chi connectivity index (χ2n) is 6.25. The molecule has 2 aliphatic rings. The first-order valence-corrected chi connectivity index (χ1v) is 7.89. The number of carbonyl (C=O) groups is 1. The number of hydrogen-bond acceptors (Lipinski definition) is 3. The van der Waals surface area contributed by atoms with Gasteiger partial charge in [0.15, 0.2) is 0 Å². The highest BCUT2D eigenvalue weighted by atomic mass is 16.5. The quantitative estimate of drug-likeness (QED) is 0.917. The summed E-state index contributed by atoms with van der Waals surface area (Å²) in [6.45, 7) is 4.18. The zero-order valence-corrected chi connectivity index (χ0v) is 12.7. The summed E-state index contributed by atoms with van der Waals surface area (Å²) in [6.07, 6.45) is 3.50. The fraction of sp³-hybridized carbons (Fsp3) is 0.588. The molecule has 1 heterocycles. The molecule has 0 radical (unpaired) electrons. The molecular weight excluding hydrogens is 264 g/mol. The zero-order valence-electron chi connectivity index (χ0n) is 12.7. The van der Waals surface area contributed by atoms with Crippen LogP contribution in [0.15, 0.2) is 24.3 Å². The molecule has 1 aromatic rings. The first-order chi connectivity index (χ1) is 10.1. The summed E-state index contributed by atoms with van der Waals surface area (Å²) < 4.78 is 5.69. The van der Waals surface area contributed by atoms with Crippen molar-refractivity contribution in [2.45, 2.75) is 44.2 Å². The normalized spacial score (nSPS) is 23.9. The molecule has 4 heteroatoms. The van der Waals surface area contributed by atoms with Gasteiger partial charge in [0.2, 0.25) is 5.91 Å². The van der Waals surface area contributed by atoms with Gasteiger partial charge in [-0.05, 0) is 43.7 Å². The van der Waals surface area contributed by atoms with Crippen molar-refractivity contribution in [3.63, 3.8) is 0 Å². The van der Waals surface area contributed by atoms with Crippen molar-refractivity contribution in [3.8, 4) is 0 Å². The highest BCUT2D eigenvalue weighted by Crippen LogP contribution is 2.30. The van der Waals surface area contributed by atoms with Gasteiger partial charge in [0.25, 0.3) is 0 Å². The number of amides is 1. The van der Waals surface area contributed by atoms with Gasteiger partial charge in [0.1, 0.15) is 5.54 Å². The smallest absolute Gasteiger partial charge is 0.243 e. The van der Waals surface area contributed by atoms with Gasteiger partial charge in [0.05, 0.1) is 6.10 Å². The summed E-state index contributed by atoms with van der Waals surface area (Å²) in [6, 6.07) is 8.19. The van der Waals surface area contributed by atoms with Gasteiger partial charge in [0, 0.05) is 19.7 Å². The number of likely N-dealkylation sites (tertiary alicyclic amines) is 1. The Labute approximate surface area is 126 Å². The van der Waals surface area contributed by atoms with Gasteiger partial charge < -0.3 is 15.4 Å². The number of nitrogens with zero attached hydrogens (tertiary/aromatic N) is 1. The lowest BCUT2D eigenvalue weighted by molar-refractivity contribution is -0.140. The summed E-state index contributed by atoms with van der Waals surface area (Å²) in [5, 5.41) is 0. The molecule has 21 heavy (non-hydrogen) atoms. The molecule has 2 N–H and O–H groups in total. The van der Waals surface area contributed by atoms with Crippen LogP contribution in [0.4, 0.5) is 0 Å². The van der Waals surface area contributed by atoms with Crippen LogP contribution in [0.25, 0.3) is 0 Å². The third-order valence-electron chi connectivity index (χ3n) is 4.62. The van der Waals surface area contributed by atoms with Crippen molar-refractivity contribution in [1.82, 2.24) is 4.90 Å². The van der Waals surface area contributed by atoms with Gasteiger partial charge in [-0.25, -0.2) is 0 Å². The number of nitrogens with two attached hydrogens (primary N) is 1. The van der Waals surface area contributed by atoms with Crippen molar-refractivity contribution in [3.05, 3.63) is 35.4 Å². The molecule has 1 aromatic carbocycles. The zero-order chi connectivity index (χ0) is 14.9. The SMILES string of the molecule is CCO[C@@H]1CCCN(C(=O)C2(N)Cc3ccccc3C2)C1. The Morgan fingerprint density at radius 3 is 2.67 bits per heavy atom. The van der Waals surface area contributed by atoms with Crippen LogP contribution in [0, 0.1) is 0 Å². The Morgan fingerprint density at radius 1 is 1.38 bits per heavy atom. The molecule has 0 aromatic heterocycles. The Morgan fingerprint density at radius 2 is 2.05 bits per heavy atom. The van der Waals surface area contributed by atoms with Gasteiger partial charge in [-0.15, -0.1) is 0 Å². The summed E-state index contributed by atoms with van der Waals surface area (Å²) in [5.74, 6) is 0.0862. The third kappa shape index (κ3) is 2.83. The predicted octanol–water partition coefficient (Wildman–Crippen LogP) is 1.51. The molecule has 3 rings (SSSR count). The van der Waals surface area contributed by atoms with Crippen molar-refractivity contribution >= 4 is 5.91 Å². The molecule has 0 unspecified atom stereocenters. The van der Waals surface area contributed by atoms with E-state index in [1.165, 1.54) is 11.1 Å². The number of carbonyl (C=O) groups excluding carboxylic acids is 1. The minimum absolute atomic E-state index is 0.0862. The second kappa shape index (κ2) is 5.78. The Kier molecular flexibility index (Phi) is 4.00. The van der Waals surface area contributed by atoms with E-state index < -0.39 is 5.54 Å². The molecule has 114 valence electrons. The van der Waals surface area contributed by atoms with E-state index in [0.717, 1.165) is 19.4 Å². The fourth-order valence-electron chi connectivity index (χ4n) is 3.61. The Bertz CT molecular complexity index is 502. The second-order valence-corrected chi connectivity index (χ2v) is 6.25. The van der Waals surface area contributed by atoms with Crippen LogP contribution in [-0.4, -0.2) is 42.1 Å². The maximum Gasteiger partial charge on any atom is 0.243 e. The van der Waals surface area contributed by atoms with Crippen LogP contribution in [0.3, 0.4) is 0 Å². The predicted molar refractivity (Wildman–Crippen MR) is 82.0 cm³/mol. The number of benzene rings is 1. The Hall–Kier alpha value is -1.39. The molecule has 1 saturated heterocycles. The lowest BCUT2D eigenvalue weighted by atomic mass is 9.93. The molecule has 1 fully saturated rings. The van der Waals surface area contributed by atoms with Gasteiger partial charge in [-0.2, -0.15) is 0 Å². The fourth-order valence-corrected chi connectivity index (χ4v) is 3.61. The van der Waals surface area contributed by atoms with Crippen LogP contribution in [-0.2, 0) is 22.4 Å². The molecular formula is C17H24N2O2. The third-order valence-corrected chi connectivity index (χ3v) is 4.62. The molecule has 1 atom stereocenters. The van der Waals surface area contributed by atoms with Crippen molar-refractivity contribution in [2.75, 3.05) is 19.7 Å². The molecule has 0 spiro atoms. The van der Waals surface area contributed by atoms with Crippen LogP contribution in [0.1, 0.15) is 30.9 Å². The van der Waals surface area contributed by atoms with Crippen molar-refractivity contribution in [1.29, 1.82) is 0 Å². The first-order valence-electron chi connectivity index (χ1n) is 7.89. The van der Waals surface area contributed by atoms with Crippen LogP contribution in [0.2, 0.25) is 0 Å². The lowest BCUT2D eigenvalue weighted by Crippen LogP contribution is -2.58. The number of rotatable bonds is 3. The number of hydrogen-bond donors (Lipinski definition) is 1. The standard InChI is InChI=1S/C17H24N2O2/c1-2-21-15-8-5-9-19(12-15)16(20)17(18)10-13-6-3-4-7-14(13)11-17/h3-4,6-7,15H,2,5,8-12,18H2,1H3/t15-/m1/s1. The molecule has 1 amide bonds. The van der Waals surface area contributed by atoms with Crippen LogP contribution >= 0.6 is 0 Å². The van der Waals surface area contributed by atoms with Crippen LogP contribution < -0.4 is 5.73 Å². The van der Waals surface area contributed by atoms with Crippen molar-refractivity contribution < 1.29 is 9.53 Å². The number of fused-ring (bicyclic) bond motifs is 1. The summed E-state index contributed by atoms with van der Waals surface area (Å²) in [5.41, 5.74) is 8.13. The summed E-state index contributed by atoms with van der Waals surface area (Å²) in [4.78, 5) is 14.8. The maximum atomic E-state index is 12.9. The molecule has 4 nitrogen and oxygen atoms in total. The highest BCUT2D eigenvalue weighted by molar-refractivity contribution is 5.88. The number of ether oxygens (including phenoxy) is 1. The molecule has 0 bridgehead atoms. The van der Waals surface area contributed by atoms with E-state index in [-0.39, 0.29) is 12.0 Å². The first kappa shape index (κ1) is 14.5. The van der Waals surface area contributed by atoms with E-state index in [2.05, 4.69) is 12.1 Å². The topological polar surface area (TPSA) is 55.6 Å². The van der Waals surface area contributed by atoms with Gasteiger partial charge in [-0.1, -0.05) is 24.3 Å². The summed E-state index contributed by atoms with van der Waals surface area (Å²) in [7, 11) is 0. The van der Waals surface area contributed by atoms with Crippen LogP contribution in [0.5, 0.6) is 0 Å². The van der Waals surface area contributed by atoms with E-state index in [1.54, 1.807) is 0 Å². The highest BCUT2D eigenvalue weighted by Gasteiger charge is 2.43. The summed E-state index contributed by atoms with van der Waals surface area (Å²) >= 11 is 0. The van der Waals surface area contributed by atoms with Gasteiger partial charge >= 0.3 is 0 Å². The number of piperidine rings is 1. The minimum Gasteiger partial charge on any atom is -0.377 e. The average molecular weight is 288 g/mol. The monoisotopic (exact) mass is 288 g/mol. The van der Waals surface area contributed by atoms with E-state index >= 15 is 0 Å². The van der Waals surface area contributed by atoms with E-state index in [4.69, 9.17) is 10.5 Å². The Balaban J connectivity index is 1.71.